The lowest BCUT2D eigenvalue weighted by Gasteiger charge is -2.17. The monoisotopic (exact) mass is 213 g/mol. The van der Waals surface area contributed by atoms with Crippen LogP contribution in [0.4, 0.5) is 13.2 Å². The Balaban J connectivity index is 3.60. The summed E-state index contributed by atoms with van der Waals surface area (Å²) < 4.78 is 35.1. The van der Waals surface area contributed by atoms with Gasteiger partial charge in [0, 0.05) is 6.04 Å². The van der Waals surface area contributed by atoms with Crippen molar-refractivity contribution in [3.8, 4) is 0 Å². The second kappa shape index (κ2) is 7.06. The van der Waals surface area contributed by atoms with Crippen LogP contribution in [0.3, 0.4) is 0 Å². The number of hydroxylamine groups is 1. The van der Waals surface area contributed by atoms with E-state index in [0.29, 0.717) is 0 Å². The summed E-state index contributed by atoms with van der Waals surface area (Å²) in [6.07, 6.45) is -0.701. The summed E-state index contributed by atoms with van der Waals surface area (Å²) in [5, 5.41) is 0. The fourth-order valence-corrected chi connectivity index (χ4v) is 1.20. The van der Waals surface area contributed by atoms with Crippen molar-refractivity contribution in [1.82, 2.24) is 5.48 Å². The minimum atomic E-state index is -4.25. The van der Waals surface area contributed by atoms with Gasteiger partial charge in [0.15, 0.2) is 6.61 Å². The third-order valence-corrected chi connectivity index (χ3v) is 1.76. The van der Waals surface area contributed by atoms with Crippen molar-refractivity contribution < 1.29 is 18.0 Å². The van der Waals surface area contributed by atoms with Crippen LogP contribution in [-0.4, -0.2) is 18.8 Å². The van der Waals surface area contributed by atoms with E-state index >= 15 is 0 Å². The van der Waals surface area contributed by atoms with Gasteiger partial charge in [-0.25, -0.2) is 0 Å². The maximum absolute atomic E-state index is 11.7. The molecule has 0 atom stereocenters. The van der Waals surface area contributed by atoms with Crippen LogP contribution in [-0.2, 0) is 4.84 Å². The zero-order valence-electron chi connectivity index (χ0n) is 8.66. The number of hydrogen-bond donors (Lipinski definition) is 1. The maximum Gasteiger partial charge on any atom is 0.413 e. The van der Waals surface area contributed by atoms with Crippen molar-refractivity contribution in [3.63, 3.8) is 0 Å². The molecule has 0 bridgehead atoms. The fourth-order valence-electron chi connectivity index (χ4n) is 1.20. The Hall–Kier alpha value is -0.290. The maximum atomic E-state index is 11.7. The van der Waals surface area contributed by atoms with Crippen LogP contribution in [0, 0.1) is 0 Å². The van der Waals surface area contributed by atoms with E-state index in [1.165, 1.54) is 0 Å². The number of nitrogens with one attached hydrogen (secondary N) is 1. The van der Waals surface area contributed by atoms with Gasteiger partial charge in [-0.05, 0) is 12.8 Å². The molecule has 86 valence electrons. The van der Waals surface area contributed by atoms with Gasteiger partial charge in [0.05, 0.1) is 0 Å². The average Bonchev–Trinajstić information content (AvgIpc) is 2.02. The molecule has 2 nitrogen and oxygen atoms in total. The van der Waals surface area contributed by atoms with Crippen molar-refractivity contribution in [2.75, 3.05) is 6.61 Å². The third-order valence-electron chi connectivity index (χ3n) is 1.76. The van der Waals surface area contributed by atoms with E-state index in [1.54, 1.807) is 0 Å². The van der Waals surface area contributed by atoms with Gasteiger partial charge in [0.2, 0.25) is 0 Å². The van der Waals surface area contributed by atoms with Gasteiger partial charge >= 0.3 is 6.18 Å². The summed E-state index contributed by atoms with van der Waals surface area (Å²) in [5.74, 6) is 0. The topological polar surface area (TPSA) is 21.3 Å². The van der Waals surface area contributed by atoms with Crippen LogP contribution in [0.15, 0.2) is 0 Å². The summed E-state index contributed by atoms with van der Waals surface area (Å²) >= 11 is 0. The minimum Gasteiger partial charge on any atom is -0.292 e. The lowest BCUT2D eigenvalue weighted by atomic mass is 10.1. The van der Waals surface area contributed by atoms with Crippen molar-refractivity contribution >= 4 is 0 Å². The van der Waals surface area contributed by atoms with Gasteiger partial charge in [-0.2, -0.15) is 18.7 Å². The fraction of sp³-hybridized carbons (Fsp3) is 1.00. The first kappa shape index (κ1) is 13.7. The van der Waals surface area contributed by atoms with E-state index < -0.39 is 12.8 Å². The normalized spacial score (nSPS) is 12.4. The van der Waals surface area contributed by atoms with Crippen LogP contribution in [0.2, 0.25) is 0 Å². The lowest BCUT2D eigenvalue weighted by molar-refractivity contribution is -0.193. The van der Waals surface area contributed by atoms with Crippen molar-refractivity contribution in [2.45, 2.75) is 51.7 Å². The molecule has 0 saturated heterocycles. The quantitative estimate of drug-likeness (QED) is 0.656. The number of hydrogen-bond acceptors (Lipinski definition) is 2. The van der Waals surface area contributed by atoms with Crippen LogP contribution < -0.4 is 5.48 Å². The zero-order chi connectivity index (χ0) is 11.0. The van der Waals surface area contributed by atoms with Gasteiger partial charge in [0.25, 0.3) is 0 Å². The highest BCUT2D eigenvalue weighted by Crippen LogP contribution is 2.14. The van der Waals surface area contributed by atoms with Gasteiger partial charge in [-0.3, -0.25) is 4.84 Å². The highest BCUT2D eigenvalue weighted by molar-refractivity contribution is 4.60. The molecule has 0 heterocycles. The molecule has 0 unspecified atom stereocenters. The Bertz CT molecular complexity index is 133. The van der Waals surface area contributed by atoms with Gasteiger partial charge < -0.3 is 0 Å². The molecule has 0 amide bonds. The van der Waals surface area contributed by atoms with Gasteiger partial charge in [-0.15, -0.1) is 0 Å². The molecule has 0 rings (SSSR count). The predicted octanol–water partition coefficient (Wildman–Crippen LogP) is 3.04. The molecule has 5 heteroatoms. The molecule has 0 saturated carbocycles. The predicted molar refractivity (Wildman–Crippen MR) is 48.7 cm³/mol. The zero-order valence-corrected chi connectivity index (χ0v) is 8.66. The Morgan fingerprint density at radius 1 is 1.14 bits per heavy atom. The molecular formula is C9H18F3NO. The molecule has 1 N–H and O–H groups in total. The van der Waals surface area contributed by atoms with E-state index in [2.05, 4.69) is 10.3 Å². The van der Waals surface area contributed by atoms with E-state index in [-0.39, 0.29) is 6.04 Å². The Morgan fingerprint density at radius 3 is 2.00 bits per heavy atom. The van der Waals surface area contributed by atoms with E-state index in [1.807, 2.05) is 13.8 Å². The minimum absolute atomic E-state index is 0.0346. The largest absolute Gasteiger partial charge is 0.413 e. The number of rotatable bonds is 7. The molecule has 0 aromatic carbocycles. The molecule has 0 radical (unpaired) electrons. The first-order valence-electron chi connectivity index (χ1n) is 4.93. The average molecular weight is 213 g/mol. The standard InChI is InChI=1S/C9H18F3NO/c1-3-5-8(6-4-2)13-14-7-9(10,11)12/h8,13H,3-7H2,1-2H3. The molecule has 0 aliphatic heterocycles. The molecule has 0 aliphatic carbocycles. The summed E-state index contributed by atoms with van der Waals surface area (Å²) in [7, 11) is 0. The summed E-state index contributed by atoms with van der Waals surface area (Å²) in [6, 6.07) is 0.0346. The van der Waals surface area contributed by atoms with Crippen molar-refractivity contribution in [3.05, 3.63) is 0 Å². The summed E-state index contributed by atoms with van der Waals surface area (Å²) in [4.78, 5) is 4.39. The van der Waals surface area contributed by atoms with Gasteiger partial charge in [-0.1, -0.05) is 26.7 Å². The lowest BCUT2D eigenvalue weighted by Crippen LogP contribution is -2.33. The smallest absolute Gasteiger partial charge is 0.292 e. The summed E-state index contributed by atoms with van der Waals surface area (Å²) in [6.45, 7) is 2.76. The SMILES string of the molecule is CCCC(CCC)NOCC(F)(F)F. The second-order valence-corrected chi connectivity index (χ2v) is 3.30. The Morgan fingerprint density at radius 2 is 1.64 bits per heavy atom. The molecule has 0 fully saturated rings. The van der Waals surface area contributed by atoms with Crippen molar-refractivity contribution in [1.29, 1.82) is 0 Å². The molecule has 14 heavy (non-hydrogen) atoms. The van der Waals surface area contributed by atoms with Crippen LogP contribution >= 0.6 is 0 Å². The van der Waals surface area contributed by atoms with Gasteiger partial charge in [0.1, 0.15) is 0 Å². The Labute approximate surface area is 82.8 Å². The molecule has 0 aromatic heterocycles. The second-order valence-electron chi connectivity index (χ2n) is 3.30. The molecule has 0 spiro atoms. The Kier molecular flexibility index (Phi) is 6.92. The van der Waals surface area contributed by atoms with Crippen LogP contribution in [0.1, 0.15) is 39.5 Å². The molecular weight excluding hydrogens is 195 g/mol. The van der Waals surface area contributed by atoms with E-state index in [0.717, 1.165) is 25.7 Å². The highest BCUT2D eigenvalue weighted by Gasteiger charge is 2.28. The highest BCUT2D eigenvalue weighted by atomic mass is 19.4. The third kappa shape index (κ3) is 8.31. The van der Waals surface area contributed by atoms with Crippen molar-refractivity contribution in [2.24, 2.45) is 0 Å². The van der Waals surface area contributed by atoms with Crippen LogP contribution in [0.25, 0.3) is 0 Å². The number of halogens is 3. The molecule has 0 aliphatic rings. The first-order valence-corrected chi connectivity index (χ1v) is 4.93. The first-order chi connectivity index (χ1) is 6.49. The number of alkyl halides is 3. The summed E-state index contributed by atoms with van der Waals surface area (Å²) in [5.41, 5.74) is 2.46. The van der Waals surface area contributed by atoms with Crippen LogP contribution in [0.5, 0.6) is 0 Å². The van der Waals surface area contributed by atoms with E-state index in [9.17, 15) is 13.2 Å². The van der Waals surface area contributed by atoms with E-state index in [4.69, 9.17) is 0 Å². The molecule has 0 aromatic rings.